The van der Waals surface area contributed by atoms with Crippen molar-refractivity contribution in [1.29, 1.82) is 0 Å². The Hall–Kier alpha value is -1.15. The first kappa shape index (κ1) is 11.9. The van der Waals surface area contributed by atoms with E-state index >= 15 is 0 Å². The minimum Gasteiger partial charge on any atom is -0.396 e. The Morgan fingerprint density at radius 3 is 2.33 bits per heavy atom. The quantitative estimate of drug-likeness (QED) is 0.773. The molecule has 0 aliphatic carbocycles. The van der Waals surface area contributed by atoms with E-state index in [4.69, 9.17) is 22.1 Å². The van der Waals surface area contributed by atoms with E-state index < -0.39 is 37.6 Å². The maximum atomic E-state index is 12.3. The number of halogens is 3. The topological polar surface area (TPSA) is 99.1 Å². The minimum atomic E-state index is -4.19. The molecule has 0 aromatic carbocycles. The van der Waals surface area contributed by atoms with Crippen LogP contribution in [0.1, 0.15) is 12.0 Å². The molecule has 0 saturated carbocycles. The standard InChI is InChI=1S/C6H6ClF2N3O2S/c7-15(13,14)6-3(10)1-2(4(8)9)5(11)12-6/h1,4H,10H2,(H2,11,12). The Morgan fingerprint density at radius 2 is 1.93 bits per heavy atom. The monoisotopic (exact) mass is 257 g/mol. The second kappa shape index (κ2) is 3.78. The summed E-state index contributed by atoms with van der Waals surface area (Å²) in [6.45, 7) is 0. The molecular formula is C6H6ClF2N3O2S. The van der Waals surface area contributed by atoms with Gasteiger partial charge < -0.3 is 11.5 Å². The smallest absolute Gasteiger partial charge is 0.280 e. The number of rotatable bonds is 2. The summed E-state index contributed by atoms with van der Waals surface area (Å²) in [7, 11) is 0.767. The average Bonchev–Trinajstić information content (AvgIpc) is 2.06. The highest BCUT2D eigenvalue weighted by Crippen LogP contribution is 2.29. The summed E-state index contributed by atoms with van der Waals surface area (Å²) >= 11 is 0. The van der Waals surface area contributed by atoms with Gasteiger partial charge in [0.25, 0.3) is 15.5 Å². The van der Waals surface area contributed by atoms with Gasteiger partial charge in [0.1, 0.15) is 5.82 Å². The van der Waals surface area contributed by atoms with Gasteiger partial charge in [0, 0.05) is 10.7 Å². The molecule has 9 heteroatoms. The number of anilines is 2. The van der Waals surface area contributed by atoms with Crippen LogP contribution < -0.4 is 11.5 Å². The molecule has 0 aliphatic rings. The molecule has 0 spiro atoms. The van der Waals surface area contributed by atoms with Crippen LogP contribution in [-0.4, -0.2) is 13.4 Å². The Kier molecular flexibility index (Phi) is 3.00. The number of hydrogen-bond acceptors (Lipinski definition) is 5. The first-order valence-corrected chi connectivity index (χ1v) is 5.83. The molecule has 0 aliphatic heterocycles. The van der Waals surface area contributed by atoms with Gasteiger partial charge in [-0.25, -0.2) is 22.2 Å². The molecule has 1 aromatic heterocycles. The van der Waals surface area contributed by atoms with Crippen LogP contribution in [0.15, 0.2) is 11.1 Å². The van der Waals surface area contributed by atoms with Crippen LogP contribution in [0.3, 0.4) is 0 Å². The summed E-state index contributed by atoms with van der Waals surface area (Å²) in [4.78, 5) is 3.22. The van der Waals surface area contributed by atoms with Crippen molar-refractivity contribution in [3.8, 4) is 0 Å². The summed E-state index contributed by atoms with van der Waals surface area (Å²) < 4.78 is 46.3. The summed E-state index contributed by atoms with van der Waals surface area (Å²) in [6, 6.07) is 0.738. The van der Waals surface area contributed by atoms with Gasteiger partial charge in [-0.2, -0.15) is 0 Å². The van der Waals surface area contributed by atoms with Crippen LogP contribution >= 0.6 is 10.7 Å². The number of aromatic nitrogens is 1. The van der Waals surface area contributed by atoms with Crippen LogP contribution in [0.5, 0.6) is 0 Å². The molecule has 84 valence electrons. The molecule has 0 fully saturated rings. The van der Waals surface area contributed by atoms with Gasteiger partial charge >= 0.3 is 0 Å². The number of hydrogen-bond donors (Lipinski definition) is 2. The van der Waals surface area contributed by atoms with Crippen molar-refractivity contribution in [2.45, 2.75) is 11.5 Å². The highest BCUT2D eigenvalue weighted by Gasteiger charge is 2.21. The molecule has 4 N–H and O–H groups in total. The fraction of sp³-hybridized carbons (Fsp3) is 0.167. The molecule has 5 nitrogen and oxygen atoms in total. The fourth-order valence-electron chi connectivity index (χ4n) is 0.912. The molecule has 0 saturated heterocycles. The third-order valence-electron chi connectivity index (χ3n) is 1.54. The molecular weight excluding hydrogens is 252 g/mol. The summed E-state index contributed by atoms with van der Waals surface area (Å²) in [5.41, 5.74) is 9.23. The zero-order chi connectivity index (χ0) is 11.8. The second-order valence-electron chi connectivity index (χ2n) is 2.60. The zero-order valence-corrected chi connectivity index (χ0v) is 8.69. The first-order chi connectivity index (χ1) is 6.73. The van der Waals surface area contributed by atoms with Crippen molar-refractivity contribution in [1.82, 2.24) is 4.98 Å². The third-order valence-corrected chi connectivity index (χ3v) is 2.77. The number of pyridine rings is 1. The van der Waals surface area contributed by atoms with Crippen LogP contribution in [0.25, 0.3) is 0 Å². The predicted octanol–water partition coefficient (Wildman–Crippen LogP) is 1.11. The normalized spacial score (nSPS) is 12.0. The van der Waals surface area contributed by atoms with Crippen molar-refractivity contribution < 1.29 is 17.2 Å². The third kappa shape index (κ3) is 2.45. The van der Waals surface area contributed by atoms with Crippen molar-refractivity contribution in [3.05, 3.63) is 11.6 Å². The van der Waals surface area contributed by atoms with Gasteiger partial charge in [-0.05, 0) is 6.07 Å². The van der Waals surface area contributed by atoms with Gasteiger partial charge in [0.15, 0.2) is 5.03 Å². The number of nitrogens with zero attached hydrogens (tertiary/aromatic N) is 1. The molecule has 0 atom stereocenters. The number of nitrogens with two attached hydrogens (primary N) is 2. The van der Waals surface area contributed by atoms with E-state index in [0.717, 1.165) is 6.07 Å². The second-order valence-corrected chi connectivity index (χ2v) is 5.08. The van der Waals surface area contributed by atoms with Crippen LogP contribution in [0.4, 0.5) is 20.3 Å². The van der Waals surface area contributed by atoms with E-state index in [0.29, 0.717) is 0 Å². The highest BCUT2D eigenvalue weighted by atomic mass is 35.7. The highest BCUT2D eigenvalue weighted by molar-refractivity contribution is 8.13. The largest absolute Gasteiger partial charge is 0.396 e. The summed E-state index contributed by atoms with van der Waals surface area (Å²) in [5, 5.41) is -0.717. The van der Waals surface area contributed by atoms with Crippen molar-refractivity contribution >= 4 is 31.2 Å². The molecule has 0 bridgehead atoms. The number of alkyl halides is 2. The lowest BCUT2D eigenvalue weighted by Gasteiger charge is -2.07. The fourth-order valence-corrected chi connectivity index (χ4v) is 1.83. The molecule has 1 aromatic rings. The Bertz CT molecular complexity index is 491. The minimum absolute atomic E-state index is 0.463. The lowest BCUT2D eigenvalue weighted by molar-refractivity contribution is 0.152. The van der Waals surface area contributed by atoms with E-state index in [1.165, 1.54) is 0 Å². The molecule has 0 radical (unpaired) electrons. The maximum Gasteiger partial charge on any atom is 0.280 e. The average molecular weight is 258 g/mol. The van der Waals surface area contributed by atoms with Crippen molar-refractivity contribution in [2.75, 3.05) is 11.5 Å². The maximum absolute atomic E-state index is 12.3. The number of nitrogen functional groups attached to an aromatic ring is 2. The molecule has 1 heterocycles. The van der Waals surface area contributed by atoms with Crippen LogP contribution in [0.2, 0.25) is 0 Å². The zero-order valence-electron chi connectivity index (χ0n) is 7.12. The van der Waals surface area contributed by atoms with E-state index in [1.54, 1.807) is 0 Å². The van der Waals surface area contributed by atoms with E-state index in [2.05, 4.69) is 4.98 Å². The molecule has 0 amide bonds. The van der Waals surface area contributed by atoms with E-state index in [9.17, 15) is 17.2 Å². The van der Waals surface area contributed by atoms with Gasteiger partial charge in [-0.15, -0.1) is 0 Å². The summed E-state index contributed by atoms with van der Waals surface area (Å²) in [5.74, 6) is -0.613. The first-order valence-electron chi connectivity index (χ1n) is 3.52. The Balaban J connectivity index is 3.46. The Morgan fingerprint density at radius 1 is 1.40 bits per heavy atom. The van der Waals surface area contributed by atoms with E-state index in [1.807, 2.05) is 0 Å². The molecule has 1 rings (SSSR count). The van der Waals surface area contributed by atoms with Crippen LogP contribution in [0, 0.1) is 0 Å². The van der Waals surface area contributed by atoms with Gasteiger partial charge in [0.2, 0.25) is 0 Å². The van der Waals surface area contributed by atoms with Crippen molar-refractivity contribution in [3.63, 3.8) is 0 Å². The van der Waals surface area contributed by atoms with E-state index in [-0.39, 0.29) is 0 Å². The predicted molar refractivity (Wildman–Crippen MR) is 51.1 cm³/mol. The molecule has 0 unspecified atom stereocenters. The Labute approximate surface area is 88.5 Å². The van der Waals surface area contributed by atoms with Crippen LogP contribution in [-0.2, 0) is 9.05 Å². The lowest BCUT2D eigenvalue weighted by Crippen LogP contribution is -2.07. The lowest BCUT2D eigenvalue weighted by atomic mass is 10.2. The SMILES string of the molecule is Nc1cc(C(F)F)c(N)nc1S(=O)(=O)Cl. The molecule has 15 heavy (non-hydrogen) atoms. The van der Waals surface area contributed by atoms with Gasteiger partial charge in [0.05, 0.1) is 11.3 Å². The summed E-state index contributed by atoms with van der Waals surface area (Å²) in [6.07, 6.45) is -2.88. The van der Waals surface area contributed by atoms with Crippen molar-refractivity contribution in [2.24, 2.45) is 0 Å². The van der Waals surface area contributed by atoms with Gasteiger partial charge in [-0.3, -0.25) is 0 Å². The van der Waals surface area contributed by atoms with Gasteiger partial charge in [-0.1, -0.05) is 0 Å².